The third-order valence-corrected chi connectivity index (χ3v) is 11.3. The zero-order valence-corrected chi connectivity index (χ0v) is 38.4. The van der Waals surface area contributed by atoms with Gasteiger partial charge >= 0.3 is 13.8 Å². The van der Waals surface area contributed by atoms with E-state index in [1.54, 1.807) is 0 Å². The fraction of sp³-hybridized carbons (Fsp3) is 0.854. The lowest BCUT2D eigenvalue weighted by Gasteiger charge is -2.20. The molecule has 58 heavy (non-hydrogen) atoms. The monoisotopic (exact) mass is 843 g/mol. The minimum absolute atomic E-state index is 0.0451. The van der Waals surface area contributed by atoms with Crippen LogP contribution in [0, 0.1) is 0 Å². The fourth-order valence-corrected chi connectivity index (χ4v) is 7.45. The first-order valence-electron chi connectivity index (χ1n) is 24.0. The van der Waals surface area contributed by atoms with Crippen molar-refractivity contribution in [2.24, 2.45) is 0 Å². The van der Waals surface area contributed by atoms with Crippen molar-refractivity contribution in [3.8, 4) is 0 Å². The summed E-state index contributed by atoms with van der Waals surface area (Å²) in [5.74, 6) is -0.384. The molecule has 10 heteroatoms. The second-order valence-electron chi connectivity index (χ2n) is 16.1. The van der Waals surface area contributed by atoms with E-state index >= 15 is 0 Å². The molecule has 0 aliphatic heterocycles. The molecule has 0 saturated heterocycles. The maximum atomic E-state index is 12.6. The number of hydrogen-bond donors (Lipinski definition) is 3. The maximum absolute atomic E-state index is 12.6. The number of ether oxygens (including phenoxy) is 2. The molecule has 0 aromatic heterocycles. The molecule has 3 atom stereocenters. The number of rotatable bonds is 46. The predicted octanol–water partition coefficient (Wildman–Crippen LogP) is 13.6. The van der Waals surface area contributed by atoms with Gasteiger partial charge in [0.15, 0.2) is 0 Å². The Bertz CT molecular complexity index is 1000. The quantitative estimate of drug-likeness (QED) is 0.0237. The van der Waals surface area contributed by atoms with Gasteiger partial charge in [0, 0.05) is 13.0 Å². The Morgan fingerprint density at radius 3 is 1.40 bits per heavy atom. The third kappa shape index (κ3) is 44.2. The summed E-state index contributed by atoms with van der Waals surface area (Å²) in [7, 11) is -4.52. The van der Waals surface area contributed by atoms with Crippen molar-refractivity contribution in [1.29, 1.82) is 0 Å². The van der Waals surface area contributed by atoms with Crippen LogP contribution in [-0.2, 0) is 27.9 Å². The number of phosphoric acid groups is 1. The van der Waals surface area contributed by atoms with Crippen molar-refractivity contribution in [2.45, 2.75) is 232 Å². The molecule has 9 nitrogen and oxygen atoms in total. The van der Waals surface area contributed by atoms with Gasteiger partial charge < -0.3 is 24.6 Å². The van der Waals surface area contributed by atoms with Crippen LogP contribution < -0.4 is 0 Å². The Morgan fingerprint density at radius 1 is 0.534 bits per heavy atom. The van der Waals surface area contributed by atoms with Gasteiger partial charge in [-0.1, -0.05) is 198 Å². The Morgan fingerprint density at radius 2 is 0.931 bits per heavy atom. The number of phosphoric ester groups is 1. The van der Waals surface area contributed by atoms with Crippen LogP contribution in [0.15, 0.2) is 36.5 Å². The van der Waals surface area contributed by atoms with Crippen LogP contribution in [0.25, 0.3) is 0 Å². The van der Waals surface area contributed by atoms with E-state index in [4.69, 9.17) is 23.6 Å². The van der Waals surface area contributed by atoms with Gasteiger partial charge in [0.05, 0.1) is 26.4 Å². The number of esters is 1. The number of allylic oxidation sites excluding steroid dienone is 6. The first-order chi connectivity index (χ1) is 28.3. The lowest BCUT2D eigenvalue weighted by molar-refractivity contribution is -0.154. The molecule has 0 aliphatic carbocycles. The summed E-state index contributed by atoms with van der Waals surface area (Å²) in [6, 6.07) is 0. The highest BCUT2D eigenvalue weighted by Gasteiger charge is 2.26. The zero-order chi connectivity index (χ0) is 42.5. The molecule has 0 aromatic carbocycles. The Labute approximate surface area is 356 Å². The lowest BCUT2D eigenvalue weighted by atomic mass is 10.0. The van der Waals surface area contributed by atoms with Crippen LogP contribution in [0.2, 0.25) is 0 Å². The number of hydrogen-bond acceptors (Lipinski definition) is 8. The summed E-state index contributed by atoms with van der Waals surface area (Å²) < 4.78 is 33.4. The summed E-state index contributed by atoms with van der Waals surface area (Å²) in [5, 5.41) is 18.4. The minimum atomic E-state index is -4.52. The molecule has 342 valence electrons. The van der Waals surface area contributed by atoms with E-state index in [9.17, 15) is 19.4 Å². The van der Waals surface area contributed by atoms with Gasteiger partial charge in [0.1, 0.15) is 12.2 Å². The highest BCUT2D eigenvalue weighted by atomic mass is 31.2. The van der Waals surface area contributed by atoms with Crippen molar-refractivity contribution >= 4 is 13.8 Å². The molecular formula is C48H91O9P. The maximum Gasteiger partial charge on any atom is 0.472 e. The van der Waals surface area contributed by atoms with Gasteiger partial charge in [-0.3, -0.25) is 13.8 Å². The number of carbonyl (C=O) groups excluding carboxylic acids is 1. The van der Waals surface area contributed by atoms with Crippen LogP contribution in [0.1, 0.15) is 219 Å². The predicted molar refractivity (Wildman–Crippen MR) is 242 cm³/mol. The second-order valence-corrected chi connectivity index (χ2v) is 17.6. The summed E-state index contributed by atoms with van der Waals surface area (Å²) in [4.78, 5) is 22.6. The fourth-order valence-electron chi connectivity index (χ4n) is 6.66. The summed E-state index contributed by atoms with van der Waals surface area (Å²) in [6.45, 7) is 3.51. The highest BCUT2D eigenvalue weighted by Crippen LogP contribution is 2.43. The molecule has 0 fully saturated rings. The van der Waals surface area contributed by atoms with Gasteiger partial charge in [0.2, 0.25) is 0 Å². The van der Waals surface area contributed by atoms with Crippen molar-refractivity contribution in [3.05, 3.63) is 36.5 Å². The third-order valence-electron chi connectivity index (χ3n) is 10.3. The lowest BCUT2D eigenvalue weighted by Crippen LogP contribution is -2.29. The Kier molecular flexibility index (Phi) is 44.2. The first kappa shape index (κ1) is 56.7. The van der Waals surface area contributed by atoms with Gasteiger partial charge in [0.25, 0.3) is 0 Å². The molecule has 3 N–H and O–H groups in total. The van der Waals surface area contributed by atoms with Crippen LogP contribution in [0.3, 0.4) is 0 Å². The molecule has 0 heterocycles. The summed E-state index contributed by atoms with van der Waals surface area (Å²) in [5.41, 5.74) is 0. The second kappa shape index (κ2) is 45.2. The Balaban J connectivity index is 4.11. The molecule has 0 amide bonds. The van der Waals surface area contributed by atoms with Crippen molar-refractivity contribution < 1.29 is 43.0 Å². The average Bonchev–Trinajstić information content (AvgIpc) is 3.21. The van der Waals surface area contributed by atoms with Gasteiger partial charge in [-0.15, -0.1) is 0 Å². The summed E-state index contributed by atoms with van der Waals surface area (Å²) >= 11 is 0. The first-order valence-corrected chi connectivity index (χ1v) is 25.5. The smallest absolute Gasteiger partial charge is 0.457 e. The largest absolute Gasteiger partial charge is 0.472 e. The molecule has 3 unspecified atom stereocenters. The van der Waals surface area contributed by atoms with Gasteiger partial charge in [-0.05, 0) is 51.4 Å². The van der Waals surface area contributed by atoms with Crippen LogP contribution in [-0.4, -0.2) is 66.3 Å². The van der Waals surface area contributed by atoms with E-state index in [-0.39, 0.29) is 25.6 Å². The van der Waals surface area contributed by atoms with E-state index in [1.807, 2.05) is 0 Å². The van der Waals surface area contributed by atoms with Crippen LogP contribution in [0.4, 0.5) is 0 Å². The summed E-state index contributed by atoms with van der Waals surface area (Å²) in [6.07, 6.45) is 49.6. The molecule has 0 spiro atoms. The van der Waals surface area contributed by atoms with E-state index in [1.165, 1.54) is 141 Å². The van der Waals surface area contributed by atoms with E-state index in [0.717, 1.165) is 57.8 Å². The molecule has 0 bridgehead atoms. The molecule has 0 aliphatic rings. The highest BCUT2D eigenvalue weighted by molar-refractivity contribution is 7.47. The van der Waals surface area contributed by atoms with Crippen molar-refractivity contribution in [1.82, 2.24) is 0 Å². The minimum Gasteiger partial charge on any atom is -0.457 e. The van der Waals surface area contributed by atoms with Crippen molar-refractivity contribution in [3.63, 3.8) is 0 Å². The number of aliphatic hydroxyl groups excluding tert-OH is 2. The van der Waals surface area contributed by atoms with Crippen molar-refractivity contribution in [2.75, 3.05) is 33.0 Å². The molecule has 0 aromatic rings. The molecule has 0 saturated carbocycles. The standard InChI is InChI=1S/C48H91O9P/c1-3-5-7-9-11-13-15-17-19-20-21-22-23-24-25-27-29-31-33-35-37-39-41-54-44-47(45-56-58(52,53)55-43-46(50)42-49)57-48(51)40-38-36-34-32-30-28-26-18-16-14-12-10-8-6-4-2/h15,17,20-21,23-24,46-47,49-50H,3-14,16,18-19,22,25-45H2,1-2H3,(H,52,53)/b17-15-,21-20-,24-23-. The topological polar surface area (TPSA) is 132 Å². The number of carbonyl (C=O) groups is 1. The Hall–Kier alpha value is -1.32. The molecule has 0 radical (unpaired) electrons. The zero-order valence-electron chi connectivity index (χ0n) is 37.5. The van der Waals surface area contributed by atoms with Crippen LogP contribution >= 0.6 is 7.82 Å². The van der Waals surface area contributed by atoms with Gasteiger partial charge in [-0.25, -0.2) is 4.57 Å². The van der Waals surface area contributed by atoms with E-state index in [2.05, 4.69) is 50.3 Å². The normalized spacial score (nSPS) is 14.2. The average molecular weight is 843 g/mol. The van der Waals surface area contributed by atoms with Crippen LogP contribution in [0.5, 0.6) is 0 Å². The number of aliphatic hydroxyl groups is 2. The SMILES string of the molecule is CCCCCCC/C=C\C/C=C\C/C=C\CCCCCCCCCOCC(COP(=O)(O)OCC(O)CO)OC(=O)CCCCCCCCCCCCCCCCC. The van der Waals surface area contributed by atoms with E-state index < -0.39 is 33.2 Å². The molecular weight excluding hydrogens is 751 g/mol. The van der Waals surface area contributed by atoms with E-state index in [0.29, 0.717) is 6.61 Å². The van der Waals surface area contributed by atoms with Gasteiger partial charge in [-0.2, -0.15) is 0 Å². The molecule has 0 rings (SSSR count). The number of unbranched alkanes of at least 4 members (excludes halogenated alkanes) is 26.